The minimum atomic E-state index is -3.23. The second-order valence-corrected chi connectivity index (χ2v) is 10.7. The third-order valence-electron chi connectivity index (χ3n) is 6.43. The summed E-state index contributed by atoms with van der Waals surface area (Å²) in [6, 6.07) is 17.1. The Labute approximate surface area is 193 Å². The van der Waals surface area contributed by atoms with Crippen molar-refractivity contribution in [2.24, 2.45) is 0 Å². The van der Waals surface area contributed by atoms with Gasteiger partial charge in [0.2, 0.25) is 5.91 Å². The van der Waals surface area contributed by atoms with Gasteiger partial charge in [-0.2, -0.15) is 0 Å². The van der Waals surface area contributed by atoms with Gasteiger partial charge >= 0.3 is 6.03 Å². The van der Waals surface area contributed by atoms with E-state index in [0.717, 1.165) is 10.5 Å². The Morgan fingerprint density at radius 1 is 1.09 bits per heavy atom. The molecule has 9 heteroatoms. The predicted octanol–water partition coefficient (Wildman–Crippen LogP) is 2.06. The van der Waals surface area contributed by atoms with Gasteiger partial charge < -0.3 is 10.2 Å². The van der Waals surface area contributed by atoms with Crippen LogP contribution in [0.2, 0.25) is 0 Å². The fraction of sp³-hybridized carbons (Fsp3) is 0.375. The number of urea groups is 1. The van der Waals surface area contributed by atoms with Gasteiger partial charge in [0.25, 0.3) is 5.91 Å². The molecule has 0 bridgehead atoms. The SMILES string of the molecule is CC[C@@]1(c2ccccc2)NC(=O)N(CC(=O)N(Cc2ccccc2)[C@H]2CCS(=O)(=O)C2)C1=O. The number of nitrogens with zero attached hydrogens (tertiary/aromatic N) is 2. The van der Waals surface area contributed by atoms with Gasteiger partial charge in [-0.3, -0.25) is 14.5 Å². The summed E-state index contributed by atoms with van der Waals surface area (Å²) in [6.45, 7) is 1.57. The quantitative estimate of drug-likeness (QED) is 0.625. The van der Waals surface area contributed by atoms with Crippen LogP contribution in [0.1, 0.15) is 30.9 Å². The highest BCUT2D eigenvalue weighted by atomic mass is 32.2. The number of nitrogens with one attached hydrogen (secondary N) is 1. The number of hydrogen-bond donors (Lipinski definition) is 1. The van der Waals surface area contributed by atoms with E-state index in [2.05, 4.69) is 5.32 Å². The van der Waals surface area contributed by atoms with Crippen molar-refractivity contribution in [2.75, 3.05) is 18.1 Å². The molecule has 4 amide bonds. The number of benzene rings is 2. The molecule has 0 spiro atoms. The van der Waals surface area contributed by atoms with Gasteiger partial charge in [-0.1, -0.05) is 67.6 Å². The molecule has 174 valence electrons. The van der Waals surface area contributed by atoms with E-state index in [4.69, 9.17) is 0 Å². The van der Waals surface area contributed by atoms with Gasteiger partial charge in [0.15, 0.2) is 9.84 Å². The van der Waals surface area contributed by atoms with Crippen LogP contribution in [0.25, 0.3) is 0 Å². The Morgan fingerprint density at radius 3 is 2.30 bits per heavy atom. The van der Waals surface area contributed by atoms with Gasteiger partial charge in [0.1, 0.15) is 12.1 Å². The largest absolute Gasteiger partial charge is 0.333 e. The minimum absolute atomic E-state index is 0.0202. The Balaban J connectivity index is 1.58. The normalized spacial score (nSPS) is 24.0. The Kier molecular flexibility index (Phi) is 6.25. The first-order chi connectivity index (χ1) is 15.8. The number of carbonyl (C=O) groups is 3. The maximum atomic E-state index is 13.4. The van der Waals surface area contributed by atoms with E-state index in [9.17, 15) is 22.8 Å². The third-order valence-corrected chi connectivity index (χ3v) is 8.18. The summed E-state index contributed by atoms with van der Waals surface area (Å²) in [6.07, 6.45) is 0.671. The van der Waals surface area contributed by atoms with Crippen LogP contribution in [0, 0.1) is 0 Å². The van der Waals surface area contributed by atoms with E-state index in [1.807, 2.05) is 43.3 Å². The zero-order valence-corrected chi connectivity index (χ0v) is 19.3. The lowest BCUT2D eigenvalue weighted by atomic mass is 9.87. The van der Waals surface area contributed by atoms with E-state index >= 15 is 0 Å². The van der Waals surface area contributed by atoms with Crippen LogP contribution in [0.5, 0.6) is 0 Å². The molecule has 2 aliphatic rings. The zero-order chi connectivity index (χ0) is 23.6. The Bertz CT molecular complexity index is 1150. The maximum absolute atomic E-state index is 13.4. The van der Waals surface area contributed by atoms with E-state index in [-0.39, 0.29) is 18.1 Å². The molecule has 1 N–H and O–H groups in total. The van der Waals surface area contributed by atoms with Crippen LogP contribution in [0.3, 0.4) is 0 Å². The van der Waals surface area contributed by atoms with Gasteiger partial charge in [0.05, 0.1) is 11.5 Å². The first kappa shape index (κ1) is 23.0. The summed E-state index contributed by atoms with van der Waals surface area (Å²) < 4.78 is 24.2. The monoisotopic (exact) mass is 469 g/mol. The number of sulfone groups is 1. The van der Waals surface area contributed by atoms with Crippen molar-refractivity contribution in [3.8, 4) is 0 Å². The lowest BCUT2D eigenvalue weighted by molar-refractivity contribution is -0.140. The molecule has 2 heterocycles. The molecule has 0 aliphatic carbocycles. The van der Waals surface area contributed by atoms with Crippen LogP contribution in [0.4, 0.5) is 4.79 Å². The van der Waals surface area contributed by atoms with Gasteiger partial charge in [-0.05, 0) is 24.0 Å². The van der Waals surface area contributed by atoms with Crippen molar-refractivity contribution >= 4 is 27.7 Å². The first-order valence-electron chi connectivity index (χ1n) is 11.0. The lowest BCUT2D eigenvalue weighted by Gasteiger charge is -2.30. The number of carbonyl (C=O) groups excluding carboxylic acids is 3. The molecule has 2 saturated heterocycles. The molecule has 2 atom stereocenters. The summed E-state index contributed by atoms with van der Waals surface area (Å²) in [5, 5.41) is 2.78. The van der Waals surface area contributed by atoms with Crippen molar-refractivity contribution in [2.45, 2.75) is 37.9 Å². The number of imide groups is 1. The fourth-order valence-electron chi connectivity index (χ4n) is 4.58. The molecular weight excluding hydrogens is 442 g/mol. The van der Waals surface area contributed by atoms with E-state index in [0.29, 0.717) is 18.4 Å². The van der Waals surface area contributed by atoms with Crippen molar-refractivity contribution in [1.82, 2.24) is 15.1 Å². The van der Waals surface area contributed by atoms with Crippen molar-refractivity contribution in [1.29, 1.82) is 0 Å². The number of rotatable bonds is 7. The van der Waals surface area contributed by atoms with Crippen molar-refractivity contribution in [3.05, 3.63) is 71.8 Å². The molecule has 2 aliphatic heterocycles. The Morgan fingerprint density at radius 2 is 1.73 bits per heavy atom. The second-order valence-electron chi connectivity index (χ2n) is 8.51. The molecule has 2 fully saturated rings. The average Bonchev–Trinajstić information content (AvgIpc) is 3.30. The summed E-state index contributed by atoms with van der Waals surface area (Å²) >= 11 is 0. The van der Waals surface area contributed by atoms with E-state index in [1.54, 1.807) is 24.3 Å². The molecule has 8 nitrogen and oxygen atoms in total. The van der Waals surface area contributed by atoms with Crippen LogP contribution in [-0.4, -0.2) is 60.2 Å². The molecule has 2 aromatic rings. The topological polar surface area (TPSA) is 104 Å². The maximum Gasteiger partial charge on any atom is 0.325 e. The molecule has 0 unspecified atom stereocenters. The highest BCUT2D eigenvalue weighted by molar-refractivity contribution is 7.91. The summed E-state index contributed by atoms with van der Waals surface area (Å²) in [4.78, 5) is 42.0. The van der Waals surface area contributed by atoms with Gasteiger partial charge in [0, 0.05) is 12.6 Å². The minimum Gasteiger partial charge on any atom is -0.333 e. The van der Waals surface area contributed by atoms with Gasteiger partial charge in [-0.15, -0.1) is 0 Å². The highest BCUT2D eigenvalue weighted by Gasteiger charge is 2.52. The lowest BCUT2D eigenvalue weighted by Crippen LogP contribution is -2.48. The zero-order valence-electron chi connectivity index (χ0n) is 18.4. The molecule has 0 aromatic heterocycles. The molecule has 0 saturated carbocycles. The van der Waals surface area contributed by atoms with Crippen molar-refractivity contribution in [3.63, 3.8) is 0 Å². The second kappa shape index (κ2) is 8.97. The molecule has 0 radical (unpaired) electrons. The predicted molar refractivity (Wildman–Crippen MR) is 123 cm³/mol. The average molecular weight is 470 g/mol. The number of amides is 4. The smallest absolute Gasteiger partial charge is 0.325 e. The molecular formula is C24H27N3O5S. The molecule has 2 aromatic carbocycles. The Hall–Kier alpha value is -3.20. The van der Waals surface area contributed by atoms with Gasteiger partial charge in [-0.25, -0.2) is 13.2 Å². The molecule has 4 rings (SSSR count). The van der Waals surface area contributed by atoms with E-state index < -0.39 is 45.8 Å². The first-order valence-corrected chi connectivity index (χ1v) is 12.8. The van der Waals surface area contributed by atoms with Crippen molar-refractivity contribution < 1.29 is 22.8 Å². The molecule has 33 heavy (non-hydrogen) atoms. The van der Waals surface area contributed by atoms with Crippen LogP contribution in [0.15, 0.2) is 60.7 Å². The third kappa shape index (κ3) is 4.50. The summed E-state index contributed by atoms with van der Waals surface area (Å²) in [7, 11) is -3.23. The van der Waals surface area contributed by atoms with Crippen LogP contribution < -0.4 is 5.32 Å². The van der Waals surface area contributed by atoms with Crippen LogP contribution in [-0.2, 0) is 31.5 Å². The fourth-order valence-corrected chi connectivity index (χ4v) is 6.31. The summed E-state index contributed by atoms with van der Waals surface area (Å²) in [5.74, 6) is -1.03. The van der Waals surface area contributed by atoms with Crippen LogP contribution >= 0.6 is 0 Å². The van der Waals surface area contributed by atoms with E-state index in [1.165, 1.54) is 4.90 Å². The number of hydrogen-bond acceptors (Lipinski definition) is 5. The standard InChI is InChI=1S/C24H27N3O5S/c1-2-24(19-11-7-4-8-12-19)22(29)27(23(30)25-24)16-21(28)26(15-18-9-5-3-6-10-18)20-13-14-33(31,32)17-20/h3-12,20H,2,13-17H2,1H3,(H,25,30)/t20-,24-/m0/s1. The summed E-state index contributed by atoms with van der Waals surface area (Å²) in [5.41, 5.74) is 0.280. The highest BCUT2D eigenvalue weighted by Crippen LogP contribution is 2.32.